The van der Waals surface area contributed by atoms with Gasteiger partial charge in [-0.25, -0.2) is 0 Å². The summed E-state index contributed by atoms with van der Waals surface area (Å²) in [7, 11) is 0. The molecule has 0 N–H and O–H groups in total. The van der Waals surface area contributed by atoms with Gasteiger partial charge in [-0.3, -0.25) is 4.79 Å². The van der Waals surface area contributed by atoms with Crippen molar-refractivity contribution >= 4 is 5.78 Å². The van der Waals surface area contributed by atoms with Crippen LogP contribution in [0.5, 0.6) is 0 Å². The smallest absolute Gasteiger partial charge is 0.199 e. The van der Waals surface area contributed by atoms with Gasteiger partial charge in [-0.1, -0.05) is 30.3 Å². The van der Waals surface area contributed by atoms with Gasteiger partial charge in [0, 0.05) is 24.2 Å². The van der Waals surface area contributed by atoms with Gasteiger partial charge in [-0.2, -0.15) is 0 Å². The lowest BCUT2D eigenvalue weighted by atomic mass is 9.97. The Morgan fingerprint density at radius 1 is 1.39 bits per heavy atom. The Morgan fingerprint density at radius 2 is 2.11 bits per heavy atom. The first-order valence-electron chi connectivity index (χ1n) is 6.30. The monoisotopic (exact) mass is 246 g/mol. The highest BCUT2D eigenvalue weighted by Crippen LogP contribution is 2.26. The summed E-state index contributed by atoms with van der Waals surface area (Å²) in [5.41, 5.74) is 1.47. The molecule has 2 rings (SSSR count). The van der Waals surface area contributed by atoms with Crippen LogP contribution in [0, 0.1) is 0 Å². The summed E-state index contributed by atoms with van der Waals surface area (Å²) in [5, 5.41) is 0. The van der Waals surface area contributed by atoms with E-state index in [1.54, 1.807) is 0 Å². The second-order valence-electron chi connectivity index (χ2n) is 4.27. The van der Waals surface area contributed by atoms with Crippen LogP contribution in [0.2, 0.25) is 0 Å². The maximum atomic E-state index is 12.3. The average Bonchev–Trinajstić information content (AvgIpc) is 2.40. The Morgan fingerprint density at radius 3 is 2.72 bits per heavy atom. The van der Waals surface area contributed by atoms with Crippen LogP contribution < -0.4 is 0 Å². The van der Waals surface area contributed by atoms with Gasteiger partial charge in [0.1, 0.15) is 5.76 Å². The van der Waals surface area contributed by atoms with Crippen LogP contribution in [0.15, 0.2) is 41.7 Å². The number of rotatable bonds is 4. The minimum atomic E-state index is -0.206. The largest absolute Gasteiger partial charge is 0.469 e. The number of ketones is 1. The molecule has 1 atom stereocenters. The highest BCUT2D eigenvalue weighted by molar-refractivity contribution is 6.08. The van der Waals surface area contributed by atoms with Crippen molar-refractivity contribution in [1.82, 2.24) is 0 Å². The molecule has 3 nitrogen and oxygen atoms in total. The van der Waals surface area contributed by atoms with E-state index in [1.165, 1.54) is 0 Å². The summed E-state index contributed by atoms with van der Waals surface area (Å²) < 4.78 is 11.0. The van der Waals surface area contributed by atoms with Crippen molar-refractivity contribution in [3.63, 3.8) is 0 Å². The number of carbonyl (C=O) groups excluding carboxylic acids is 1. The number of Topliss-reactive ketones (excluding diaryl/α,β-unsaturated/α-hetero) is 1. The zero-order chi connectivity index (χ0) is 13.0. The van der Waals surface area contributed by atoms with Crippen molar-refractivity contribution in [1.29, 1.82) is 0 Å². The van der Waals surface area contributed by atoms with E-state index in [0.29, 0.717) is 24.4 Å². The number of hydrogen-bond donors (Lipinski definition) is 0. The van der Waals surface area contributed by atoms with E-state index in [0.717, 1.165) is 12.0 Å². The molecule has 0 saturated heterocycles. The van der Waals surface area contributed by atoms with Gasteiger partial charge in [0.2, 0.25) is 0 Å². The SMILES string of the molecule is CCOC1CCC(C(=O)c2ccccc2)=C(C)O1. The summed E-state index contributed by atoms with van der Waals surface area (Å²) >= 11 is 0. The Kier molecular flexibility index (Phi) is 4.15. The van der Waals surface area contributed by atoms with Gasteiger partial charge in [0.25, 0.3) is 0 Å². The number of allylic oxidation sites excluding steroid dienone is 2. The van der Waals surface area contributed by atoms with Crippen LogP contribution in [-0.4, -0.2) is 18.7 Å². The normalized spacial score (nSPS) is 19.6. The zero-order valence-electron chi connectivity index (χ0n) is 10.8. The van der Waals surface area contributed by atoms with E-state index in [1.807, 2.05) is 44.2 Å². The van der Waals surface area contributed by atoms with Gasteiger partial charge >= 0.3 is 0 Å². The lowest BCUT2D eigenvalue weighted by Crippen LogP contribution is -2.23. The fraction of sp³-hybridized carbons (Fsp3) is 0.400. The Bertz CT molecular complexity index is 448. The lowest BCUT2D eigenvalue weighted by Gasteiger charge is -2.26. The van der Waals surface area contributed by atoms with Crippen molar-refractivity contribution in [3.8, 4) is 0 Å². The molecule has 0 aliphatic carbocycles. The standard InChI is InChI=1S/C15H18O3/c1-3-17-14-10-9-13(11(2)18-14)15(16)12-7-5-4-6-8-12/h4-8,14H,3,9-10H2,1-2H3. The molecule has 1 aromatic rings. The lowest BCUT2D eigenvalue weighted by molar-refractivity contribution is -0.122. The second kappa shape index (κ2) is 5.83. The van der Waals surface area contributed by atoms with Gasteiger partial charge in [-0.15, -0.1) is 0 Å². The molecule has 1 unspecified atom stereocenters. The van der Waals surface area contributed by atoms with Gasteiger partial charge < -0.3 is 9.47 Å². The second-order valence-corrected chi connectivity index (χ2v) is 4.27. The molecule has 0 bridgehead atoms. The van der Waals surface area contributed by atoms with E-state index >= 15 is 0 Å². The summed E-state index contributed by atoms with van der Waals surface area (Å²) in [6.07, 6.45) is 1.24. The molecule has 3 heteroatoms. The van der Waals surface area contributed by atoms with Crippen LogP contribution in [0.1, 0.15) is 37.0 Å². The highest BCUT2D eigenvalue weighted by atomic mass is 16.7. The van der Waals surface area contributed by atoms with Crippen molar-refractivity contribution in [2.75, 3.05) is 6.61 Å². The van der Waals surface area contributed by atoms with E-state index in [4.69, 9.17) is 9.47 Å². The van der Waals surface area contributed by atoms with Gasteiger partial charge in [-0.05, 0) is 20.3 Å². The summed E-state index contributed by atoms with van der Waals surface area (Å²) in [6, 6.07) is 9.31. The van der Waals surface area contributed by atoms with Crippen molar-refractivity contribution in [2.24, 2.45) is 0 Å². The van der Waals surface area contributed by atoms with E-state index < -0.39 is 0 Å². The predicted octanol–water partition coefficient (Wildman–Crippen LogP) is 3.32. The van der Waals surface area contributed by atoms with Gasteiger partial charge in [0.05, 0.1) is 0 Å². The molecule has 96 valence electrons. The van der Waals surface area contributed by atoms with Crippen molar-refractivity contribution in [2.45, 2.75) is 33.0 Å². The molecule has 0 aromatic heterocycles. The molecular formula is C15H18O3. The topological polar surface area (TPSA) is 35.5 Å². The molecule has 1 aliphatic heterocycles. The first-order valence-corrected chi connectivity index (χ1v) is 6.30. The Balaban J connectivity index is 2.14. The zero-order valence-corrected chi connectivity index (χ0v) is 10.8. The Labute approximate surface area is 107 Å². The summed E-state index contributed by atoms with van der Waals surface area (Å²) in [6.45, 7) is 4.40. The van der Waals surface area contributed by atoms with E-state index in [2.05, 4.69) is 0 Å². The van der Waals surface area contributed by atoms with Crippen LogP contribution in [0.25, 0.3) is 0 Å². The van der Waals surface area contributed by atoms with Crippen LogP contribution in [-0.2, 0) is 9.47 Å². The third-order valence-electron chi connectivity index (χ3n) is 3.03. The fourth-order valence-electron chi connectivity index (χ4n) is 2.11. The number of hydrogen-bond acceptors (Lipinski definition) is 3. The first-order chi connectivity index (χ1) is 8.72. The maximum absolute atomic E-state index is 12.3. The first kappa shape index (κ1) is 12.8. The minimum Gasteiger partial charge on any atom is -0.469 e. The van der Waals surface area contributed by atoms with Crippen LogP contribution in [0.4, 0.5) is 0 Å². The van der Waals surface area contributed by atoms with Crippen LogP contribution in [0.3, 0.4) is 0 Å². The molecule has 0 saturated carbocycles. The molecule has 1 aliphatic rings. The molecule has 0 spiro atoms. The fourth-order valence-corrected chi connectivity index (χ4v) is 2.11. The third-order valence-corrected chi connectivity index (χ3v) is 3.03. The summed E-state index contributed by atoms with van der Waals surface area (Å²) in [4.78, 5) is 12.3. The highest BCUT2D eigenvalue weighted by Gasteiger charge is 2.24. The molecule has 18 heavy (non-hydrogen) atoms. The van der Waals surface area contributed by atoms with Crippen molar-refractivity contribution in [3.05, 3.63) is 47.2 Å². The van der Waals surface area contributed by atoms with E-state index in [9.17, 15) is 4.79 Å². The minimum absolute atomic E-state index is 0.0584. The predicted molar refractivity (Wildman–Crippen MR) is 69.2 cm³/mol. The summed E-state index contributed by atoms with van der Waals surface area (Å²) in [5.74, 6) is 0.747. The Hall–Kier alpha value is -1.61. The van der Waals surface area contributed by atoms with Crippen molar-refractivity contribution < 1.29 is 14.3 Å². The number of ether oxygens (including phenoxy) is 2. The maximum Gasteiger partial charge on any atom is 0.199 e. The van der Waals surface area contributed by atoms with E-state index in [-0.39, 0.29) is 12.1 Å². The molecule has 0 fully saturated rings. The molecular weight excluding hydrogens is 228 g/mol. The molecule has 0 radical (unpaired) electrons. The van der Waals surface area contributed by atoms with Crippen LogP contribution >= 0.6 is 0 Å². The third kappa shape index (κ3) is 2.79. The molecule has 1 heterocycles. The quantitative estimate of drug-likeness (QED) is 0.764. The number of carbonyl (C=O) groups is 1. The molecule has 1 aromatic carbocycles. The average molecular weight is 246 g/mol. The number of benzene rings is 1. The molecule has 0 amide bonds. The van der Waals surface area contributed by atoms with Gasteiger partial charge in [0.15, 0.2) is 12.1 Å².